The van der Waals surface area contributed by atoms with Crippen molar-refractivity contribution in [1.82, 2.24) is 19.7 Å². The van der Waals surface area contributed by atoms with Crippen molar-refractivity contribution >= 4 is 17.5 Å². The Kier molecular flexibility index (Phi) is 5.79. The Bertz CT molecular complexity index is 1180. The summed E-state index contributed by atoms with van der Waals surface area (Å²) in [5, 5.41) is 4.78. The molecule has 160 valence electrons. The van der Waals surface area contributed by atoms with E-state index in [1.54, 1.807) is 14.2 Å². The van der Waals surface area contributed by atoms with Crippen molar-refractivity contribution in [2.75, 3.05) is 14.2 Å². The number of benzene rings is 1. The summed E-state index contributed by atoms with van der Waals surface area (Å²) in [5.74, 6) is 1.65. The van der Waals surface area contributed by atoms with Gasteiger partial charge in [-0.2, -0.15) is 10.1 Å². The largest absolute Gasteiger partial charge is 0.497 e. The van der Waals surface area contributed by atoms with E-state index in [4.69, 9.17) is 20.6 Å². The van der Waals surface area contributed by atoms with Crippen LogP contribution >= 0.6 is 0 Å². The summed E-state index contributed by atoms with van der Waals surface area (Å²) < 4.78 is 7.34. The fourth-order valence-corrected chi connectivity index (χ4v) is 3.86. The number of methoxy groups -OCH3 is 1. The first-order chi connectivity index (χ1) is 15.0. The van der Waals surface area contributed by atoms with E-state index in [1.165, 1.54) is 0 Å². The molecular weight excluding hydrogens is 390 g/mol. The number of ether oxygens (including phenoxy) is 1. The van der Waals surface area contributed by atoms with Gasteiger partial charge in [0.2, 0.25) is 0 Å². The topological polar surface area (TPSA) is 104 Å². The van der Waals surface area contributed by atoms with Crippen LogP contribution in [0.15, 0.2) is 40.4 Å². The van der Waals surface area contributed by atoms with Crippen LogP contribution in [0.2, 0.25) is 0 Å². The molecule has 8 heteroatoms. The van der Waals surface area contributed by atoms with Crippen LogP contribution in [0.4, 0.5) is 5.95 Å². The molecule has 0 fully saturated rings. The second-order valence-corrected chi connectivity index (χ2v) is 7.70. The molecule has 4 rings (SSSR count). The average molecular weight is 418 g/mol. The van der Waals surface area contributed by atoms with Crippen LogP contribution in [-0.4, -0.2) is 45.5 Å². The fraction of sp³-hybridized carbons (Fsp3) is 0.348. The average Bonchev–Trinajstić information content (AvgIpc) is 3.09. The Balaban J connectivity index is 1.73. The predicted molar refractivity (Wildman–Crippen MR) is 122 cm³/mol. The minimum absolute atomic E-state index is 0.365. The highest BCUT2D eigenvalue weighted by Crippen LogP contribution is 2.36. The first kappa shape index (κ1) is 20.7. The van der Waals surface area contributed by atoms with Gasteiger partial charge in [-0.1, -0.05) is 12.1 Å². The predicted octanol–water partition coefficient (Wildman–Crippen LogP) is 3.04. The Morgan fingerprint density at radius 2 is 2.13 bits per heavy atom. The van der Waals surface area contributed by atoms with Gasteiger partial charge in [0.25, 0.3) is 5.95 Å². The van der Waals surface area contributed by atoms with Gasteiger partial charge in [0, 0.05) is 44.4 Å². The van der Waals surface area contributed by atoms with Crippen molar-refractivity contribution in [3.8, 4) is 17.0 Å². The van der Waals surface area contributed by atoms with Crippen LogP contribution < -0.4 is 10.5 Å². The lowest BCUT2D eigenvalue weighted by atomic mass is 9.91. The van der Waals surface area contributed by atoms with E-state index < -0.39 is 0 Å². The molecule has 1 aliphatic carbocycles. The molecule has 0 spiro atoms. The molecule has 31 heavy (non-hydrogen) atoms. The summed E-state index contributed by atoms with van der Waals surface area (Å²) in [7, 11) is 5.41. The number of hydrogen-bond donors (Lipinski definition) is 1. The van der Waals surface area contributed by atoms with E-state index in [-0.39, 0.29) is 0 Å². The second kappa shape index (κ2) is 8.67. The summed E-state index contributed by atoms with van der Waals surface area (Å²) in [6.07, 6.45) is 4.82. The quantitative estimate of drug-likeness (QED) is 0.490. The molecule has 2 aromatic heterocycles. The molecule has 3 aromatic rings. The van der Waals surface area contributed by atoms with Crippen molar-refractivity contribution in [2.24, 2.45) is 22.8 Å². The highest BCUT2D eigenvalue weighted by Gasteiger charge is 2.26. The van der Waals surface area contributed by atoms with E-state index in [0.29, 0.717) is 18.2 Å². The third kappa shape index (κ3) is 4.33. The number of aliphatic imine (C=N–C) groups is 2. The molecule has 0 radical (unpaired) electrons. The number of nitrogens with zero attached hydrogens (tertiary/aromatic N) is 6. The number of hydrogen-bond acceptors (Lipinski definition) is 6. The first-order valence-electron chi connectivity index (χ1n) is 10.3. The van der Waals surface area contributed by atoms with Crippen molar-refractivity contribution in [3.63, 3.8) is 0 Å². The zero-order chi connectivity index (χ0) is 22.0. The van der Waals surface area contributed by atoms with Gasteiger partial charge >= 0.3 is 0 Å². The van der Waals surface area contributed by atoms with Gasteiger partial charge in [-0.15, -0.1) is 0 Å². The molecule has 2 N–H and O–H groups in total. The normalized spacial score (nSPS) is 13.7. The molecule has 0 aliphatic heterocycles. The monoisotopic (exact) mass is 417 g/mol. The van der Waals surface area contributed by atoms with Gasteiger partial charge in [0.15, 0.2) is 0 Å². The molecule has 1 aromatic carbocycles. The standard InChI is InChI=1S/C23H27N7O/c1-14(25-2)10-20(24)27-23-26-13-16-8-9-18-21(22(16)28-23)19(30(3)29-18)12-15-6-5-7-17(11-15)31-4/h5-7,11,13H,8-10,12H2,1-4H3,(H2,24,26,27,28). The third-order valence-corrected chi connectivity index (χ3v) is 5.53. The number of aromatic nitrogens is 4. The van der Waals surface area contributed by atoms with Crippen LogP contribution in [0, 0.1) is 0 Å². The highest BCUT2D eigenvalue weighted by molar-refractivity contribution is 6.02. The zero-order valence-corrected chi connectivity index (χ0v) is 18.4. The maximum absolute atomic E-state index is 6.08. The molecule has 0 bridgehead atoms. The van der Waals surface area contributed by atoms with E-state index in [0.717, 1.165) is 64.5 Å². The van der Waals surface area contributed by atoms with Gasteiger partial charge in [-0.05, 0) is 43.0 Å². The van der Waals surface area contributed by atoms with E-state index in [1.807, 2.05) is 37.0 Å². The summed E-state index contributed by atoms with van der Waals surface area (Å²) in [5.41, 5.74) is 13.4. The van der Waals surface area contributed by atoms with Crippen LogP contribution in [0.5, 0.6) is 5.75 Å². The maximum Gasteiger partial charge on any atom is 0.251 e. The molecule has 0 saturated carbocycles. The highest BCUT2D eigenvalue weighted by atomic mass is 16.5. The maximum atomic E-state index is 6.08. The van der Waals surface area contributed by atoms with Crippen molar-refractivity contribution < 1.29 is 4.74 Å². The Hall–Kier alpha value is -3.55. The van der Waals surface area contributed by atoms with Crippen molar-refractivity contribution in [1.29, 1.82) is 0 Å². The zero-order valence-electron chi connectivity index (χ0n) is 18.4. The van der Waals surface area contributed by atoms with Gasteiger partial charge in [0.05, 0.1) is 24.2 Å². The van der Waals surface area contributed by atoms with Crippen LogP contribution in [0.25, 0.3) is 11.3 Å². The van der Waals surface area contributed by atoms with Gasteiger partial charge in [0.1, 0.15) is 11.6 Å². The van der Waals surface area contributed by atoms with Gasteiger partial charge < -0.3 is 10.5 Å². The summed E-state index contributed by atoms with van der Waals surface area (Å²) in [4.78, 5) is 17.7. The number of rotatable bonds is 6. The SMILES string of the molecule is CN=C(C)CC(N)=Nc1ncc2c(n1)-c1c(nn(C)c1Cc1cccc(OC)c1)CC2. The van der Waals surface area contributed by atoms with Crippen LogP contribution in [-0.2, 0) is 26.3 Å². The molecule has 0 saturated heterocycles. The summed E-state index contributed by atoms with van der Waals surface area (Å²) in [6.45, 7) is 1.92. The first-order valence-corrected chi connectivity index (χ1v) is 10.3. The minimum atomic E-state index is 0.365. The van der Waals surface area contributed by atoms with Crippen molar-refractivity contribution in [2.45, 2.75) is 32.6 Å². The van der Waals surface area contributed by atoms with Crippen molar-refractivity contribution in [3.05, 3.63) is 53.0 Å². The molecule has 0 unspecified atom stereocenters. The number of nitrogens with two attached hydrogens (primary N) is 1. The van der Waals surface area contributed by atoms with Crippen LogP contribution in [0.3, 0.4) is 0 Å². The lowest BCUT2D eigenvalue weighted by Gasteiger charge is -2.16. The van der Waals surface area contributed by atoms with Gasteiger partial charge in [-0.25, -0.2) is 9.97 Å². The Labute approximate surface area is 181 Å². The minimum Gasteiger partial charge on any atom is -0.497 e. The molecule has 0 amide bonds. The fourth-order valence-electron chi connectivity index (χ4n) is 3.86. The number of aryl methyl sites for hydroxylation is 3. The summed E-state index contributed by atoms with van der Waals surface area (Å²) in [6, 6.07) is 8.10. The Morgan fingerprint density at radius 1 is 1.29 bits per heavy atom. The number of amidine groups is 1. The molecule has 2 heterocycles. The molecule has 8 nitrogen and oxygen atoms in total. The van der Waals surface area contributed by atoms with E-state index in [2.05, 4.69) is 27.1 Å². The van der Waals surface area contributed by atoms with E-state index in [9.17, 15) is 0 Å². The third-order valence-electron chi connectivity index (χ3n) is 5.53. The second-order valence-electron chi connectivity index (χ2n) is 7.70. The lowest BCUT2D eigenvalue weighted by molar-refractivity contribution is 0.414. The molecular formula is C23H27N7O. The number of fused-ring (bicyclic) bond motifs is 3. The summed E-state index contributed by atoms with van der Waals surface area (Å²) >= 11 is 0. The van der Waals surface area contributed by atoms with Crippen LogP contribution in [0.1, 0.15) is 35.9 Å². The lowest BCUT2D eigenvalue weighted by Crippen LogP contribution is -2.15. The van der Waals surface area contributed by atoms with Gasteiger partial charge in [-0.3, -0.25) is 9.67 Å². The Morgan fingerprint density at radius 3 is 2.90 bits per heavy atom. The molecule has 1 aliphatic rings. The van der Waals surface area contributed by atoms with E-state index >= 15 is 0 Å². The smallest absolute Gasteiger partial charge is 0.251 e. The molecule has 0 atom stereocenters.